The predicted octanol–water partition coefficient (Wildman–Crippen LogP) is 7.87. The van der Waals surface area contributed by atoms with Gasteiger partial charge in [0.15, 0.2) is 22.9 Å². The molecule has 0 atom stereocenters. The van der Waals surface area contributed by atoms with E-state index in [0.29, 0.717) is 41.1 Å². The monoisotopic (exact) mass is 1330 g/mol. The minimum Gasteiger partial charge on any atom is -0.505 e. The number of hydrogen-bond donors (Lipinski definition) is 11. The molecule has 0 radical (unpaired) electrons. The number of anilines is 1. The number of non-ortho nitro benzene ring substituents is 1. The maximum absolute atomic E-state index is 13.3. The molecule has 8 aromatic rings. The van der Waals surface area contributed by atoms with Crippen LogP contribution in [-0.2, 0) is 60.7 Å². The van der Waals surface area contributed by atoms with Crippen LogP contribution in [0.3, 0.4) is 0 Å². The van der Waals surface area contributed by atoms with Gasteiger partial charge in [-0.25, -0.2) is 9.48 Å². The summed E-state index contributed by atoms with van der Waals surface area (Å²) in [4.78, 5) is 28.6. The number of nitrogen functional groups attached to an aromatic ring is 1. The van der Waals surface area contributed by atoms with E-state index in [1.54, 1.807) is 0 Å². The molecule has 0 bridgehead atoms. The number of nitrogens with one attached hydrogen (secondary N) is 1. The predicted molar refractivity (Wildman–Crippen MR) is 289 cm³/mol. The molecule has 0 fully saturated rings. The van der Waals surface area contributed by atoms with Gasteiger partial charge in [0.1, 0.15) is 58.6 Å². The Bertz CT molecular complexity index is 5250. The van der Waals surface area contributed by atoms with Gasteiger partial charge >= 0.3 is 5.97 Å². The van der Waals surface area contributed by atoms with E-state index >= 15 is 0 Å². The van der Waals surface area contributed by atoms with Crippen LogP contribution < -0.4 is 11.3 Å². The van der Waals surface area contributed by atoms with Crippen molar-refractivity contribution in [1.82, 2.24) is 9.78 Å². The number of carboxylic acid groups (broad SMARTS) is 1. The molecule has 44 heteroatoms. The Labute approximate surface area is 482 Å². The Balaban J connectivity index is 1.21. The normalized spacial score (nSPS) is 13.1. The molecule has 0 aliphatic rings. The van der Waals surface area contributed by atoms with E-state index in [1.165, 1.54) is 0 Å². The fourth-order valence-corrected chi connectivity index (χ4v) is 12.0. The zero-order chi connectivity index (χ0) is 63.7. The van der Waals surface area contributed by atoms with Crippen LogP contribution in [0.1, 0.15) is 10.5 Å². The van der Waals surface area contributed by atoms with Gasteiger partial charge in [0.05, 0.1) is 37.3 Å². The molecular formula is C42H27ClN12O25S6. The molecule has 12 N–H and O–H groups in total. The number of hydrogen-bond acceptors (Lipinski definition) is 27. The number of rotatable bonds is 17. The minimum absolute atomic E-state index is 0.219. The summed E-state index contributed by atoms with van der Waals surface area (Å²) in [5.41, 5.74) is -5.07. The molecule has 0 aliphatic heterocycles. The minimum atomic E-state index is -5.72. The molecule has 37 nitrogen and oxygen atoms in total. The fraction of sp³-hybridized carbons (Fsp3) is 0. The number of aromatic amines is 1. The number of phenolic OH excluding ortho intramolecular Hbond substituents is 2. The number of H-pyrrole nitrogens is 1. The van der Waals surface area contributed by atoms with Gasteiger partial charge in [-0.05, 0) is 72.8 Å². The first-order valence-electron chi connectivity index (χ1n) is 21.9. The summed E-state index contributed by atoms with van der Waals surface area (Å²) in [7, 11) is -32.2. The summed E-state index contributed by atoms with van der Waals surface area (Å²) in [6, 6.07) is 10.8. The second kappa shape index (κ2) is 22.2. The second-order valence-corrected chi connectivity index (χ2v) is 25.6. The van der Waals surface area contributed by atoms with Crippen molar-refractivity contribution in [2.24, 2.45) is 40.9 Å². The second-order valence-electron chi connectivity index (χ2n) is 16.9. The van der Waals surface area contributed by atoms with E-state index in [0.717, 1.165) is 54.6 Å². The van der Waals surface area contributed by atoms with Crippen molar-refractivity contribution in [2.45, 2.75) is 29.4 Å². The van der Waals surface area contributed by atoms with E-state index in [-0.39, 0.29) is 5.69 Å². The number of carbonyl (C=O) groups is 1. The van der Waals surface area contributed by atoms with Crippen LogP contribution in [0.2, 0.25) is 5.02 Å². The highest BCUT2D eigenvalue weighted by Gasteiger charge is 2.30. The number of aromatic nitrogens is 2. The fourth-order valence-electron chi connectivity index (χ4n) is 7.73. The summed E-state index contributed by atoms with van der Waals surface area (Å²) in [6.07, 6.45) is 0. The molecule has 0 spiro atoms. The van der Waals surface area contributed by atoms with Crippen LogP contribution in [-0.4, -0.2) is 114 Å². The molecule has 448 valence electrons. The van der Waals surface area contributed by atoms with Gasteiger partial charge in [-0.2, -0.15) is 55.6 Å². The van der Waals surface area contributed by atoms with Gasteiger partial charge < -0.3 is 21.1 Å². The van der Waals surface area contributed by atoms with E-state index in [4.69, 9.17) is 17.3 Å². The zero-order valence-corrected chi connectivity index (χ0v) is 46.7. The highest BCUT2D eigenvalue weighted by molar-refractivity contribution is 7.87. The van der Waals surface area contributed by atoms with Crippen LogP contribution in [0.25, 0.3) is 27.2 Å². The average molecular weight is 1330 g/mol. The highest BCUT2D eigenvalue weighted by atomic mass is 35.5. The van der Waals surface area contributed by atoms with Gasteiger partial charge in [-0.1, -0.05) is 17.7 Å². The summed E-state index contributed by atoms with van der Waals surface area (Å²) in [5.74, 6) is -4.30. The van der Waals surface area contributed by atoms with Crippen LogP contribution >= 0.6 is 11.6 Å². The number of phenols is 2. The Morgan fingerprint density at radius 3 is 1.63 bits per heavy atom. The maximum Gasteiger partial charge on any atom is 0.356 e. The lowest BCUT2D eigenvalue weighted by Gasteiger charge is -2.13. The molecule has 7 aromatic carbocycles. The molecule has 0 saturated carbocycles. The molecule has 86 heavy (non-hydrogen) atoms. The smallest absolute Gasteiger partial charge is 0.356 e. The van der Waals surface area contributed by atoms with Crippen LogP contribution in [0.5, 0.6) is 11.5 Å². The number of aromatic carboxylic acids is 1. The molecule has 0 amide bonds. The maximum atomic E-state index is 13.3. The molecule has 1 heterocycles. The third-order valence-corrected chi connectivity index (χ3v) is 17.1. The lowest BCUT2D eigenvalue weighted by molar-refractivity contribution is -0.385. The number of nitrogens with two attached hydrogens (primary N) is 1. The SMILES string of the molecule is Nc1c(N=Nc2ccc3c(O)c(N=Nc4cc(Cl)c(N=Nc5c(C(=O)O)[nH]n(-c6ccc(S(=O)(=O)O)cc6)c5=O)c(S(=O)(=O)O)c4)c(S(=O)(=O)O)cc3c2S(=O)(=O)O)cc(S(=O)(=O)O)c2ccc(N=Nc3ccc([N+](=O)[O-])cc3S(=O)(=O)O)c(O)c12. The molecule has 0 saturated heterocycles. The number of nitro benzene ring substituents is 1. The quantitative estimate of drug-likeness (QED) is 0.0136. The summed E-state index contributed by atoms with van der Waals surface area (Å²) in [6.45, 7) is 0. The number of nitrogens with zero attached hydrogens (tertiary/aromatic N) is 10. The van der Waals surface area contributed by atoms with Crippen molar-refractivity contribution >= 4 is 157 Å². The largest absolute Gasteiger partial charge is 0.505 e. The molecular weight excluding hydrogens is 1300 g/mol. The number of fused-ring (bicyclic) bond motifs is 2. The molecule has 1 aromatic heterocycles. The van der Waals surface area contributed by atoms with E-state index in [9.17, 15) is 113 Å². The van der Waals surface area contributed by atoms with Crippen molar-refractivity contribution in [2.75, 3.05) is 5.73 Å². The van der Waals surface area contributed by atoms with Crippen molar-refractivity contribution in [1.29, 1.82) is 0 Å². The first-order chi connectivity index (χ1) is 39.7. The molecule has 0 unspecified atom stereocenters. The number of benzene rings is 7. The zero-order valence-electron chi connectivity index (χ0n) is 41.1. The van der Waals surface area contributed by atoms with Gasteiger partial charge in [-0.15, -0.1) is 35.8 Å². The standard InChI is InChI=1S/C42H27ClN12O25S6/c43-23-11-16(12-30(84(72,73)74)34(23)50-52-36-37(42(59)60)53-54(41(36)58)17-1-4-19(5-2-17)81(63,64)65)45-51-35-31(85(75,76)77)14-22-20(38(35)56)6-10-26(40(22)86(78,79)80)48-49-27-15-28(82(66,67)68)21-7-9-25(39(57)32(21)33(27)44)47-46-24-8-3-18(55(61)62)13-29(24)83(69,70)71/h1-15,53,56-57H,44H2,(H,59,60)(H,63,64,65)(H,66,67,68)(H,69,70,71)(H,72,73,74)(H,75,76,77)(H,78,79,80). The van der Waals surface area contributed by atoms with Crippen molar-refractivity contribution in [3.8, 4) is 17.2 Å². The van der Waals surface area contributed by atoms with Crippen LogP contribution in [0, 0.1) is 10.1 Å². The summed E-state index contributed by atoms with van der Waals surface area (Å²) >= 11 is 6.28. The third-order valence-electron chi connectivity index (χ3n) is 11.5. The lowest BCUT2D eigenvalue weighted by atomic mass is 10.1. The number of aromatic hydroxyl groups is 2. The van der Waals surface area contributed by atoms with E-state index < -0.39 is 207 Å². The van der Waals surface area contributed by atoms with Crippen LogP contribution in [0.15, 0.2) is 166 Å². The highest BCUT2D eigenvalue weighted by Crippen LogP contribution is 2.49. The number of nitro groups is 1. The Kier molecular flexibility index (Phi) is 16.1. The lowest BCUT2D eigenvalue weighted by Crippen LogP contribution is -2.14. The van der Waals surface area contributed by atoms with Crippen molar-refractivity contribution in [3.05, 3.63) is 122 Å². The van der Waals surface area contributed by atoms with Gasteiger partial charge in [-0.3, -0.25) is 47.3 Å². The first kappa shape index (κ1) is 62.5. The van der Waals surface area contributed by atoms with E-state index in [1.807, 2.05) is 0 Å². The first-order valence-corrected chi connectivity index (χ1v) is 30.9. The summed E-state index contributed by atoms with van der Waals surface area (Å²) < 4.78 is 210. The molecule has 0 aliphatic carbocycles. The number of carboxylic acids is 1. The van der Waals surface area contributed by atoms with Crippen molar-refractivity contribution < 1.29 is 103 Å². The molecule has 8 rings (SSSR count). The Morgan fingerprint density at radius 1 is 0.535 bits per heavy atom. The number of azo groups is 4. The average Bonchev–Trinajstić information content (AvgIpc) is 0.978. The van der Waals surface area contributed by atoms with E-state index in [2.05, 4.69) is 46.0 Å². The van der Waals surface area contributed by atoms with Crippen LogP contribution in [0.4, 0.5) is 56.9 Å². The third kappa shape index (κ3) is 12.5. The number of halogens is 1. The van der Waals surface area contributed by atoms with Gasteiger partial charge in [0.2, 0.25) is 0 Å². The van der Waals surface area contributed by atoms with Gasteiger partial charge in [0.25, 0.3) is 72.0 Å². The summed E-state index contributed by atoms with van der Waals surface area (Å²) in [5, 5.41) is 70.9. The Hall–Kier alpha value is -9.51. The van der Waals surface area contributed by atoms with Gasteiger partial charge in [0, 0.05) is 28.3 Å². The topological polar surface area (TPSA) is 610 Å². The van der Waals surface area contributed by atoms with Crippen molar-refractivity contribution in [3.63, 3.8) is 0 Å². The Morgan fingerprint density at radius 2 is 1.06 bits per heavy atom.